The molecule has 8 heteroatoms. The molecule has 2 aromatic rings. The average molecular weight is 235 g/mol. The van der Waals surface area contributed by atoms with Crippen LogP contribution in [-0.2, 0) is 0 Å². The maximum absolute atomic E-state index is 10.8. The van der Waals surface area contributed by atoms with Crippen LogP contribution in [0.2, 0.25) is 0 Å². The van der Waals surface area contributed by atoms with Gasteiger partial charge in [-0.1, -0.05) is 0 Å². The number of aromatic nitrogens is 2. The first kappa shape index (κ1) is 9.97. The van der Waals surface area contributed by atoms with E-state index in [9.17, 15) is 10.1 Å². The van der Waals surface area contributed by atoms with Gasteiger partial charge in [0.25, 0.3) is 0 Å². The maximum Gasteiger partial charge on any atom is 0.300 e. The van der Waals surface area contributed by atoms with Crippen LogP contribution in [0.15, 0.2) is 16.8 Å². The first-order chi connectivity index (χ1) is 8.16. The third-order valence-electron chi connectivity index (χ3n) is 2.77. The topological polar surface area (TPSA) is 120 Å². The highest BCUT2D eigenvalue weighted by atomic mass is 16.6. The lowest BCUT2D eigenvalue weighted by atomic mass is 10.2. The second-order valence-electron chi connectivity index (χ2n) is 4.00. The average Bonchev–Trinajstić information content (AvgIpc) is 2.80. The summed E-state index contributed by atoms with van der Waals surface area (Å²) in [7, 11) is 0. The highest BCUT2D eigenvalue weighted by molar-refractivity contribution is 5.93. The number of nitro groups is 1. The molecule has 1 saturated carbocycles. The Balaban J connectivity index is 2.05. The normalized spacial score (nSPS) is 22.6. The molecule has 0 radical (unpaired) electrons. The molecule has 1 fully saturated rings. The molecule has 0 bridgehead atoms. The molecule has 3 rings (SSSR count). The van der Waals surface area contributed by atoms with E-state index in [1.807, 2.05) is 0 Å². The van der Waals surface area contributed by atoms with Crippen LogP contribution in [-0.4, -0.2) is 27.3 Å². The molecule has 1 aliphatic rings. The highest BCUT2D eigenvalue weighted by Crippen LogP contribution is 2.32. The first-order valence-electron chi connectivity index (χ1n) is 5.08. The molecule has 88 valence electrons. The molecular formula is C9H9N5O3. The predicted molar refractivity (Wildman–Crippen MR) is 58.5 cm³/mol. The summed E-state index contributed by atoms with van der Waals surface area (Å²) in [5, 5.41) is 21.1. The number of nitrogens with zero attached hydrogens (tertiary/aromatic N) is 3. The number of nitrogens with one attached hydrogen (secondary N) is 1. The summed E-state index contributed by atoms with van der Waals surface area (Å²) in [4.78, 5) is 10.3. The Labute approximate surface area is 94.9 Å². The Kier molecular flexibility index (Phi) is 1.99. The minimum absolute atomic E-state index is 0.119. The van der Waals surface area contributed by atoms with Gasteiger partial charge in [0.05, 0.1) is 10.6 Å². The Morgan fingerprint density at radius 3 is 2.82 bits per heavy atom. The molecule has 1 heterocycles. The van der Waals surface area contributed by atoms with E-state index in [0.717, 1.165) is 6.42 Å². The Hall–Kier alpha value is -2.22. The summed E-state index contributed by atoms with van der Waals surface area (Å²) in [5.74, 6) is 0. The molecular weight excluding hydrogens is 226 g/mol. The second kappa shape index (κ2) is 3.39. The standard InChI is InChI=1S/C9H9N5O3/c10-4-3-6(4)11-5-1-2-7(14(15)16)9-8(5)12-17-13-9/h1-2,4,6,11H,3,10H2. The van der Waals surface area contributed by atoms with Crippen molar-refractivity contribution >= 4 is 22.4 Å². The zero-order valence-corrected chi connectivity index (χ0v) is 8.66. The molecule has 0 spiro atoms. The van der Waals surface area contributed by atoms with Gasteiger partial charge in [-0.3, -0.25) is 10.1 Å². The van der Waals surface area contributed by atoms with E-state index in [2.05, 4.69) is 20.3 Å². The van der Waals surface area contributed by atoms with Crippen molar-refractivity contribution in [3.63, 3.8) is 0 Å². The third kappa shape index (κ3) is 1.58. The van der Waals surface area contributed by atoms with Gasteiger partial charge in [-0.15, -0.1) is 0 Å². The molecule has 2 unspecified atom stereocenters. The summed E-state index contributed by atoms with van der Waals surface area (Å²) in [6.45, 7) is 0. The van der Waals surface area contributed by atoms with Crippen LogP contribution in [0.1, 0.15) is 6.42 Å². The summed E-state index contributed by atoms with van der Waals surface area (Å²) in [6.07, 6.45) is 0.879. The molecule has 17 heavy (non-hydrogen) atoms. The number of nitrogens with two attached hydrogens (primary N) is 1. The largest absolute Gasteiger partial charge is 0.379 e. The van der Waals surface area contributed by atoms with Crippen molar-refractivity contribution in [2.24, 2.45) is 5.73 Å². The van der Waals surface area contributed by atoms with E-state index in [1.54, 1.807) is 6.07 Å². The van der Waals surface area contributed by atoms with E-state index in [0.29, 0.717) is 11.2 Å². The van der Waals surface area contributed by atoms with Crippen molar-refractivity contribution in [2.45, 2.75) is 18.5 Å². The number of anilines is 1. The van der Waals surface area contributed by atoms with Crippen LogP contribution in [0.3, 0.4) is 0 Å². The highest BCUT2D eigenvalue weighted by Gasteiger charge is 2.34. The van der Waals surface area contributed by atoms with Gasteiger partial charge >= 0.3 is 5.69 Å². The lowest BCUT2D eigenvalue weighted by molar-refractivity contribution is -0.383. The number of hydrogen-bond donors (Lipinski definition) is 2. The third-order valence-corrected chi connectivity index (χ3v) is 2.77. The lowest BCUT2D eigenvalue weighted by Crippen LogP contribution is -2.13. The SMILES string of the molecule is NC1CC1Nc1ccc([N+](=O)[O-])c2nonc12. The summed E-state index contributed by atoms with van der Waals surface area (Å²) >= 11 is 0. The Morgan fingerprint density at radius 2 is 2.18 bits per heavy atom. The van der Waals surface area contributed by atoms with Gasteiger partial charge in [0, 0.05) is 18.2 Å². The molecule has 1 aromatic carbocycles. The van der Waals surface area contributed by atoms with Crippen LogP contribution in [0.5, 0.6) is 0 Å². The molecule has 0 saturated heterocycles. The molecule has 8 nitrogen and oxygen atoms in total. The zero-order valence-electron chi connectivity index (χ0n) is 8.66. The summed E-state index contributed by atoms with van der Waals surface area (Å²) in [6, 6.07) is 3.29. The minimum atomic E-state index is -0.515. The van der Waals surface area contributed by atoms with Crippen molar-refractivity contribution in [1.29, 1.82) is 0 Å². The summed E-state index contributed by atoms with van der Waals surface area (Å²) in [5.41, 5.74) is 6.73. The van der Waals surface area contributed by atoms with Crippen molar-refractivity contribution in [3.05, 3.63) is 22.2 Å². The predicted octanol–water partition coefficient (Wildman–Crippen LogP) is 0.642. The second-order valence-corrected chi connectivity index (χ2v) is 4.00. The van der Waals surface area contributed by atoms with Crippen molar-refractivity contribution < 1.29 is 9.55 Å². The van der Waals surface area contributed by atoms with Gasteiger partial charge < -0.3 is 11.1 Å². The van der Waals surface area contributed by atoms with Gasteiger partial charge in [-0.05, 0) is 22.8 Å². The number of fused-ring (bicyclic) bond motifs is 1. The van der Waals surface area contributed by atoms with Crippen LogP contribution in [0.25, 0.3) is 11.0 Å². The number of non-ortho nitro benzene ring substituents is 1. The van der Waals surface area contributed by atoms with Gasteiger partial charge in [0.2, 0.25) is 5.52 Å². The zero-order chi connectivity index (χ0) is 12.0. The molecule has 3 N–H and O–H groups in total. The molecule has 0 amide bonds. The van der Waals surface area contributed by atoms with Crippen molar-refractivity contribution in [1.82, 2.24) is 10.3 Å². The van der Waals surface area contributed by atoms with Crippen LogP contribution in [0.4, 0.5) is 11.4 Å². The van der Waals surface area contributed by atoms with E-state index in [4.69, 9.17) is 5.73 Å². The van der Waals surface area contributed by atoms with E-state index >= 15 is 0 Å². The number of rotatable bonds is 3. The fourth-order valence-electron chi connectivity index (χ4n) is 1.70. The van der Waals surface area contributed by atoms with E-state index in [1.165, 1.54) is 6.07 Å². The summed E-state index contributed by atoms with van der Waals surface area (Å²) < 4.78 is 4.55. The van der Waals surface area contributed by atoms with Gasteiger partial charge in [-0.2, -0.15) is 0 Å². The van der Waals surface area contributed by atoms with E-state index < -0.39 is 4.92 Å². The van der Waals surface area contributed by atoms with Crippen LogP contribution < -0.4 is 11.1 Å². The number of benzene rings is 1. The smallest absolute Gasteiger partial charge is 0.300 e. The molecule has 1 aromatic heterocycles. The van der Waals surface area contributed by atoms with E-state index in [-0.39, 0.29) is 23.3 Å². The lowest BCUT2D eigenvalue weighted by Gasteiger charge is -2.04. The maximum atomic E-state index is 10.8. The number of hydrogen-bond acceptors (Lipinski definition) is 7. The van der Waals surface area contributed by atoms with Gasteiger partial charge in [-0.25, -0.2) is 4.63 Å². The fourth-order valence-corrected chi connectivity index (χ4v) is 1.70. The fraction of sp³-hybridized carbons (Fsp3) is 0.333. The van der Waals surface area contributed by atoms with Gasteiger partial charge in [0.15, 0.2) is 5.52 Å². The molecule has 1 aliphatic carbocycles. The minimum Gasteiger partial charge on any atom is -0.379 e. The quantitative estimate of drug-likeness (QED) is 0.591. The first-order valence-corrected chi connectivity index (χ1v) is 5.08. The van der Waals surface area contributed by atoms with Crippen molar-refractivity contribution in [3.8, 4) is 0 Å². The van der Waals surface area contributed by atoms with Gasteiger partial charge in [0.1, 0.15) is 0 Å². The van der Waals surface area contributed by atoms with Crippen LogP contribution in [0, 0.1) is 10.1 Å². The molecule has 0 aliphatic heterocycles. The van der Waals surface area contributed by atoms with Crippen LogP contribution >= 0.6 is 0 Å². The van der Waals surface area contributed by atoms with Crippen molar-refractivity contribution in [2.75, 3.05) is 5.32 Å². The monoisotopic (exact) mass is 235 g/mol. The number of nitro benzene ring substituents is 1. The Bertz CT molecular complexity index is 595. The molecule has 2 atom stereocenters. The Morgan fingerprint density at radius 1 is 1.47 bits per heavy atom.